The van der Waals surface area contributed by atoms with E-state index in [1.807, 2.05) is 37.3 Å². The number of nitrogens with one attached hydrogen (secondary N) is 2. The standard InChI is InChI=1S/C17H19N3S/c1-12-8-9-16(14(3)10-12)19-17(21)20-18-11-15-7-5-4-6-13(15)2/h4-11H,1-3H3,(H2,19,20,21). The highest BCUT2D eigenvalue weighted by Gasteiger charge is 2.00. The summed E-state index contributed by atoms with van der Waals surface area (Å²) in [7, 11) is 0. The molecule has 0 heterocycles. The third-order valence-corrected chi connectivity index (χ3v) is 3.38. The number of hydrogen-bond donors (Lipinski definition) is 2. The lowest BCUT2D eigenvalue weighted by molar-refractivity contribution is 1.05. The first kappa shape index (κ1) is 15.2. The third-order valence-electron chi connectivity index (χ3n) is 3.19. The van der Waals surface area contributed by atoms with Crippen molar-refractivity contribution in [1.29, 1.82) is 0 Å². The van der Waals surface area contributed by atoms with Crippen molar-refractivity contribution in [1.82, 2.24) is 5.43 Å². The van der Waals surface area contributed by atoms with Crippen LogP contribution in [0.2, 0.25) is 0 Å². The fourth-order valence-electron chi connectivity index (χ4n) is 2.00. The summed E-state index contributed by atoms with van der Waals surface area (Å²) >= 11 is 5.24. The van der Waals surface area contributed by atoms with E-state index in [0.29, 0.717) is 5.11 Å². The molecule has 3 nitrogen and oxygen atoms in total. The summed E-state index contributed by atoms with van der Waals surface area (Å²) in [5, 5.41) is 7.79. The monoisotopic (exact) mass is 297 g/mol. The Morgan fingerprint density at radius 1 is 1.05 bits per heavy atom. The summed E-state index contributed by atoms with van der Waals surface area (Å²) in [6, 6.07) is 14.2. The maximum Gasteiger partial charge on any atom is 0.191 e. The Morgan fingerprint density at radius 3 is 2.52 bits per heavy atom. The van der Waals surface area contributed by atoms with Gasteiger partial charge < -0.3 is 5.32 Å². The van der Waals surface area contributed by atoms with Crippen LogP contribution in [0.4, 0.5) is 5.69 Å². The molecule has 0 fully saturated rings. The van der Waals surface area contributed by atoms with Crippen molar-refractivity contribution in [3.8, 4) is 0 Å². The number of nitrogens with zero attached hydrogens (tertiary/aromatic N) is 1. The molecule has 21 heavy (non-hydrogen) atoms. The lowest BCUT2D eigenvalue weighted by Crippen LogP contribution is -2.24. The van der Waals surface area contributed by atoms with Crippen LogP contribution in [0.5, 0.6) is 0 Å². The predicted octanol–water partition coefficient (Wildman–Crippen LogP) is 3.93. The first-order valence-corrected chi connectivity index (χ1v) is 7.20. The Kier molecular flexibility index (Phi) is 5.06. The molecule has 2 aromatic rings. The number of aryl methyl sites for hydroxylation is 3. The molecule has 0 saturated carbocycles. The molecule has 2 N–H and O–H groups in total. The normalized spacial score (nSPS) is 10.6. The molecular weight excluding hydrogens is 278 g/mol. The van der Waals surface area contributed by atoms with Gasteiger partial charge >= 0.3 is 0 Å². The van der Waals surface area contributed by atoms with Crippen LogP contribution in [0.1, 0.15) is 22.3 Å². The molecule has 0 aliphatic heterocycles. The van der Waals surface area contributed by atoms with Gasteiger partial charge in [0.2, 0.25) is 0 Å². The average molecular weight is 297 g/mol. The van der Waals surface area contributed by atoms with Gasteiger partial charge in [-0.15, -0.1) is 0 Å². The highest BCUT2D eigenvalue weighted by Crippen LogP contribution is 2.15. The van der Waals surface area contributed by atoms with E-state index in [1.165, 1.54) is 11.1 Å². The van der Waals surface area contributed by atoms with Crippen molar-refractivity contribution in [2.24, 2.45) is 5.10 Å². The smallest absolute Gasteiger partial charge is 0.191 e. The SMILES string of the molecule is Cc1ccc(NC(=S)NN=Cc2ccccc2C)c(C)c1. The molecule has 0 radical (unpaired) electrons. The molecular formula is C17H19N3S. The molecule has 0 aromatic heterocycles. The van der Waals surface area contributed by atoms with Crippen molar-refractivity contribution in [2.45, 2.75) is 20.8 Å². The van der Waals surface area contributed by atoms with E-state index in [-0.39, 0.29) is 0 Å². The molecule has 108 valence electrons. The molecule has 0 unspecified atom stereocenters. The van der Waals surface area contributed by atoms with Crippen LogP contribution in [0.25, 0.3) is 0 Å². The van der Waals surface area contributed by atoms with Gasteiger partial charge in [-0.05, 0) is 55.7 Å². The molecule has 0 spiro atoms. The number of hydrazone groups is 1. The van der Waals surface area contributed by atoms with Crippen LogP contribution in [0.15, 0.2) is 47.6 Å². The topological polar surface area (TPSA) is 36.4 Å². The second-order valence-electron chi connectivity index (χ2n) is 5.00. The molecule has 0 aliphatic carbocycles. The van der Waals surface area contributed by atoms with Gasteiger partial charge in [0.15, 0.2) is 5.11 Å². The second kappa shape index (κ2) is 6.99. The maximum atomic E-state index is 5.24. The molecule has 0 aliphatic rings. The van der Waals surface area contributed by atoms with E-state index < -0.39 is 0 Å². The van der Waals surface area contributed by atoms with Gasteiger partial charge in [-0.2, -0.15) is 5.10 Å². The summed E-state index contributed by atoms with van der Waals surface area (Å²) in [5.74, 6) is 0. The summed E-state index contributed by atoms with van der Waals surface area (Å²) in [6.45, 7) is 6.17. The third kappa shape index (κ3) is 4.39. The number of benzene rings is 2. The lowest BCUT2D eigenvalue weighted by atomic mass is 10.1. The Labute approximate surface area is 131 Å². The molecule has 0 atom stereocenters. The summed E-state index contributed by atoms with van der Waals surface area (Å²) < 4.78 is 0. The van der Waals surface area contributed by atoms with E-state index >= 15 is 0 Å². The zero-order chi connectivity index (χ0) is 15.2. The van der Waals surface area contributed by atoms with E-state index in [2.05, 4.69) is 41.8 Å². The van der Waals surface area contributed by atoms with E-state index in [0.717, 1.165) is 16.8 Å². The minimum atomic E-state index is 0.479. The number of anilines is 1. The highest BCUT2D eigenvalue weighted by molar-refractivity contribution is 7.80. The molecule has 2 rings (SSSR count). The Bertz CT molecular complexity index is 677. The Hall–Kier alpha value is -2.20. The number of rotatable bonds is 3. The summed E-state index contributed by atoms with van der Waals surface area (Å²) in [6.07, 6.45) is 1.77. The zero-order valence-corrected chi connectivity index (χ0v) is 13.3. The number of thiocarbonyl (C=S) groups is 1. The molecule has 0 amide bonds. The second-order valence-corrected chi connectivity index (χ2v) is 5.41. The van der Waals surface area contributed by atoms with Gasteiger partial charge in [0.1, 0.15) is 0 Å². The molecule has 4 heteroatoms. The van der Waals surface area contributed by atoms with Crippen LogP contribution < -0.4 is 10.7 Å². The first-order valence-electron chi connectivity index (χ1n) is 6.79. The van der Waals surface area contributed by atoms with Gasteiger partial charge in [0.05, 0.1) is 6.21 Å². The minimum absolute atomic E-state index is 0.479. The van der Waals surface area contributed by atoms with Crippen molar-refractivity contribution in [3.63, 3.8) is 0 Å². The van der Waals surface area contributed by atoms with Crippen LogP contribution in [0.3, 0.4) is 0 Å². The van der Waals surface area contributed by atoms with Crippen LogP contribution in [-0.2, 0) is 0 Å². The molecule has 2 aromatic carbocycles. The van der Waals surface area contributed by atoms with E-state index in [9.17, 15) is 0 Å². The molecule has 0 saturated heterocycles. The van der Waals surface area contributed by atoms with Gasteiger partial charge in [0.25, 0.3) is 0 Å². The van der Waals surface area contributed by atoms with Gasteiger partial charge in [-0.1, -0.05) is 42.0 Å². The summed E-state index contributed by atoms with van der Waals surface area (Å²) in [5.41, 5.74) is 8.46. The number of hydrogen-bond acceptors (Lipinski definition) is 2. The lowest BCUT2D eigenvalue weighted by Gasteiger charge is -2.10. The largest absolute Gasteiger partial charge is 0.331 e. The van der Waals surface area contributed by atoms with Crippen molar-refractivity contribution in [2.75, 3.05) is 5.32 Å². The van der Waals surface area contributed by atoms with E-state index in [1.54, 1.807) is 6.21 Å². The van der Waals surface area contributed by atoms with Crippen molar-refractivity contribution < 1.29 is 0 Å². The van der Waals surface area contributed by atoms with Crippen LogP contribution >= 0.6 is 12.2 Å². The fraction of sp³-hybridized carbons (Fsp3) is 0.176. The summed E-state index contributed by atoms with van der Waals surface area (Å²) in [4.78, 5) is 0. The average Bonchev–Trinajstić information content (AvgIpc) is 2.44. The van der Waals surface area contributed by atoms with Gasteiger partial charge in [-0.3, -0.25) is 5.43 Å². The first-order chi connectivity index (χ1) is 10.1. The van der Waals surface area contributed by atoms with Crippen LogP contribution in [0, 0.1) is 20.8 Å². The van der Waals surface area contributed by atoms with Crippen LogP contribution in [-0.4, -0.2) is 11.3 Å². The quantitative estimate of drug-likeness (QED) is 0.512. The predicted molar refractivity (Wildman–Crippen MR) is 94.0 cm³/mol. The molecule has 0 bridgehead atoms. The minimum Gasteiger partial charge on any atom is -0.331 e. The Morgan fingerprint density at radius 2 is 1.81 bits per heavy atom. The maximum absolute atomic E-state index is 5.24. The zero-order valence-electron chi connectivity index (χ0n) is 12.5. The Balaban J connectivity index is 1.95. The van der Waals surface area contributed by atoms with E-state index in [4.69, 9.17) is 12.2 Å². The van der Waals surface area contributed by atoms with Gasteiger partial charge in [0, 0.05) is 5.69 Å². The van der Waals surface area contributed by atoms with Crippen molar-refractivity contribution in [3.05, 3.63) is 64.7 Å². The fourth-order valence-corrected chi connectivity index (χ4v) is 2.16. The van der Waals surface area contributed by atoms with Crippen molar-refractivity contribution >= 4 is 29.2 Å². The van der Waals surface area contributed by atoms with Gasteiger partial charge in [-0.25, -0.2) is 0 Å². The highest BCUT2D eigenvalue weighted by atomic mass is 32.1.